The third-order valence-electron chi connectivity index (χ3n) is 7.78. The summed E-state index contributed by atoms with van der Waals surface area (Å²) >= 11 is 0. The molecule has 1 heterocycles. The fraction of sp³-hybridized carbons (Fsp3) is 0.406. The molecule has 4 rings (SSSR count). The molecule has 3 aromatic rings. The Bertz CT molecular complexity index is 1450. The molecule has 0 atom stereocenters. The van der Waals surface area contributed by atoms with E-state index in [2.05, 4.69) is 19.2 Å². The SMILES string of the molecule is CCC(CC)CC1(O)CCN(C(=O)Nc2cc(Oc3ccc(F)cc3)cc(Oc3ccc(S(=O)(=O)CC)cc3)c2)CC1. The summed E-state index contributed by atoms with van der Waals surface area (Å²) in [4.78, 5) is 15.1. The molecule has 2 N–H and O–H groups in total. The molecule has 0 spiro atoms. The first-order valence-corrected chi connectivity index (χ1v) is 16.0. The Morgan fingerprint density at radius 2 is 1.43 bits per heavy atom. The molecule has 0 saturated carbocycles. The Morgan fingerprint density at radius 3 is 1.93 bits per heavy atom. The van der Waals surface area contributed by atoms with Gasteiger partial charge in [-0.25, -0.2) is 17.6 Å². The molecular formula is C32H39FN2O6S. The van der Waals surface area contributed by atoms with Gasteiger partial charge >= 0.3 is 6.03 Å². The van der Waals surface area contributed by atoms with Crippen LogP contribution < -0.4 is 14.8 Å². The molecule has 0 aliphatic carbocycles. The standard InChI is InChI=1S/C32H39FN2O6S/c1-4-23(5-2)22-32(37)15-17-35(18-16-32)31(36)34-25-19-28(40-26-9-7-24(33)8-10-26)21-29(20-25)41-27-11-13-30(14-12-27)42(38,39)6-3/h7-14,19-21,23,37H,4-6,15-18,22H2,1-3H3,(H,34,36). The van der Waals surface area contributed by atoms with Gasteiger partial charge in [-0.1, -0.05) is 33.6 Å². The number of aliphatic hydroxyl groups is 1. The van der Waals surface area contributed by atoms with E-state index in [1.807, 2.05) is 0 Å². The molecule has 2 amide bonds. The van der Waals surface area contributed by atoms with Crippen LogP contribution in [0.1, 0.15) is 52.9 Å². The van der Waals surface area contributed by atoms with Crippen LogP contribution in [0.4, 0.5) is 14.9 Å². The van der Waals surface area contributed by atoms with Crippen LogP contribution in [0.3, 0.4) is 0 Å². The molecule has 0 aromatic heterocycles. The lowest BCUT2D eigenvalue weighted by Gasteiger charge is -2.39. The van der Waals surface area contributed by atoms with Gasteiger partial charge in [0.2, 0.25) is 0 Å². The summed E-state index contributed by atoms with van der Waals surface area (Å²) in [5.74, 6) is 1.54. The summed E-state index contributed by atoms with van der Waals surface area (Å²) in [5.41, 5.74) is -0.346. The van der Waals surface area contributed by atoms with Crippen LogP contribution >= 0.6 is 0 Å². The topological polar surface area (TPSA) is 105 Å². The van der Waals surface area contributed by atoms with Crippen molar-refractivity contribution in [3.05, 3.63) is 72.5 Å². The van der Waals surface area contributed by atoms with Crippen molar-refractivity contribution >= 4 is 21.6 Å². The maximum atomic E-state index is 13.4. The number of benzene rings is 3. The lowest BCUT2D eigenvalue weighted by atomic mass is 9.81. The van der Waals surface area contributed by atoms with Crippen molar-refractivity contribution in [2.24, 2.45) is 5.92 Å². The number of carbonyl (C=O) groups is 1. The van der Waals surface area contributed by atoms with Crippen LogP contribution in [-0.2, 0) is 9.84 Å². The van der Waals surface area contributed by atoms with Gasteiger partial charge in [0.15, 0.2) is 9.84 Å². The van der Waals surface area contributed by atoms with Crippen LogP contribution in [0.5, 0.6) is 23.0 Å². The third-order valence-corrected chi connectivity index (χ3v) is 9.53. The number of hydrogen-bond acceptors (Lipinski definition) is 6. The number of sulfone groups is 1. The number of anilines is 1. The average molecular weight is 599 g/mol. The minimum Gasteiger partial charge on any atom is -0.457 e. The van der Waals surface area contributed by atoms with E-state index in [9.17, 15) is 22.7 Å². The highest BCUT2D eigenvalue weighted by molar-refractivity contribution is 7.91. The van der Waals surface area contributed by atoms with E-state index in [1.165, 1.54) is 36.4 Å². The Labute approximate surface area is 247 Å². The molecule has 0 radical (unpaired) electrons. The minimum atomic E-state index is -3.35. The van der Waals surface area contributed by atoms with Crippen LogP contribution in [0, 0.1) is 11.7 Å². The van der Waals surface area contributed by atoms with Gasteiger partial charge < -0.3 is 24.8 Å². The smallest absolute Gasteiger partial charge is 0.321 e. The van der Waals surface area contributed by atoms with Gasteiger partial charge in [0.05, 0.1) is 16.2 Å². The zero-order chi connectivity index (χ0) is 30.3. The zero-order valence-electron chi connectivity index (χ0n) is 24.3. The number of nitrogens with zero attached hydrogens (tertiary/aromatic N) is 1. The second kappa shape index (κ2) is 13.6. The van der Waals surface area contributed by atoms with E-state index >= 15 is 0 Å². The van der Waals surface area contributed by atoms with E-state index in [0.717, 1.165) is 19.3 Å². The van der Waals surface area contributed by atoms with Crippen LogP contribution in [0.2, 0.25) is 0 Å². The summed E-state index contributed by atoms with van der Waals surface area (Å²) < 4.78 is 49.6. The second-order valence-electron chi connectivity index (χ2n) is 10.8. The van der Waals surface area contributed by atoms with Crippen molar-refractivity contribution in [2.45, 2.75) is 63.4 Å². The van der Waals surface area contributed by atoms with Crippen molar-refractivity contribution < 1.29 is 32.2 Å². The van der Waals surface area contributed by atoms with Gasteiger partial charge in [-0.15, -0.1) is 0 Å². The lowest BCUT2D eigenvalue weighted by molar-refractivity contribution is -0.0309. The van der Waals surface area contributed by atoms with Crippen LogP contribution in [0.15, 0.2) is 71.6 Å². The van der Waals surface area contributed by atoms with Crippen molar-refractivity contribution in [1.29, 1.82) is 0 Å². The summed E-state index contributed by atoms with van der Waals surface area (Å²) in [6.07, 6.45) is 3.81. The first-order chi connectivity index (χ1) is 20.0. The molecule has 42 heavy (non-hydrogen) atoms. The zero-order valence-corrected chi connectivity index (χ0v) is 25.1. The third kappa shape index (κ3) is 8.23. The maximum Gasteiger partial charge on any atom is 0.321 e. The molecule has 1 saturated heterocycles. The van der Waals surface area contributed by atoms with Gasteiger partial charge in [-0.3, -0.25) is 0 Å². The number of nitrogens with one attached hydrogen (secondary N) is 1. The number of hydrogen-bond donors (Lipinski definition) is 2. The number of likely N-dealkylation sites (tertiary alicyclic amines) is 1. The number of ether oxygens (including phenoxy) is 2. The highest BCUT2D eigenvalue weighted by Gasteiger charge is 2.35. The average Bonchev–Trinajstić information content (AvgIpc) is 2.97. The summed E-state index contributed by atoms with van der Waals surface area (Å²) in [6, 6.07) is 16.2. The molecule has 1 fully saturated rings. The maximum absolute atomic E-state index is 13.4. The van der Waals surface area contributed by atoms with Gasteiger partial charge in [-0.2, -0.15) is 0 Å². The van der Waals surface area contributed by atoms with Gasteiger partial charge in [0, 0.05) is 37.0 Å². The molecular weight excluding hydrogens is 559 g/mol. The molecule has 226 valence electrons. The number of piperidine rings is 1. The van der Waals surface area contributed by atoms with E-state index < -0.39 is 21.3 Å². The number of rotatable bonds is 11. The van der Waals surface area contributed by atoms with Crippen molar-refractivity contribution in [3.8, 4) is 23.0 Å². The number of carbonyl (C=O) groups excluding carboxylic acids is 1. The minimum absolute atomic E-state index is 0.00661. The van der Waals surface area contributed by atoms with E-state index in [4.69, 9.17) is 9.47 Å². The highest BCUT2D eigenvalue weighted by atomic mass is 32.2. The molecule has 8 nitrogen and oxygen atoms in total. The normalized spacial score (nSPS) is 15.0. The van der Waals surface area contributed by atoms with Crippen molar-refractivity contribution in [3.63, 3.8) is 0 Å². The molecule has 0 unspecified atom stereocenters. The Morgan fingerprint density at radius 1 is 0.905 bits per heavy atom. The monoisotopic (exact) mass is 598 g/mol. The van der Waals surface area contributed by atoms with Crippen LogP contribution in [0.25, 0.3) is 0 Å². The fourth-order valence-electron chi connectivity index (χ4n) is 5.07. The molecule has 3 aromatic carbocycles. The quantitative estimate of drug-likeness (QED) is 0.238. The summed E-state index contributed by atoms with van der Waals surface area (Å²) in [6.45, 7) is 6.73. The van der Waals surface area contributed by atoms with E-state index in [-0.39, 0.29) is 16.7 Å². The van der Waals surface area contributed by atoms with Crippen LogP contribution in [-0.4, -0.2) is 48.9 Å². The predicted octanol–water partition coefficient (Wildman–Crippen LogP) is 7.39. The lowest BCUT2D eigenvalue weighted by Crippen LogP contribution is -2.48. The molecule has 1 aliphatic rings. The Kier molecular flexibility index (Phi) is 10.1. The van der Waals surface area contributed by atoms with Crippen molar-refractivity contribution in [2.75, 3.05) is 24.2 Å². The first-order valence-electron chi connectivity index (χ1n) is 14.4. The van der Waals surface area contributed by atoms with Gasteiger partial charge in [-0.05, 0) is 73.7 Å². The number of amides is 2. The Hall–Kier alpha value is -3.63. The molecule has 1 aliphatic heterocycles. The van der Waals surface area contributed by atoms with E-state index in [0.29, 0.717) is 60.5 Å². The van der Waals surface area contributed by atoms with Gasteiger partial charge in [0.1, 0.15) is 28.8 Å². The largest absolute Gasteiger partial charge is 0.457 e. The fourth-order valence-corrected chi connectivity index (χ4v) is 5.95. The number of halogens is 1. The summed E-state index contributed by atoms with van der Waals surface area (Å²) in [5, 5.41) is 14.0. The van der Waals surface area contributed by atoms with Crippen molar-refractivity contribution in [1.82, 2.24) is 4.90 Å². The summed E-state index contributed by atoms with van der Waals surface area (Å²) in [7, 11) is -3.35. The van der Waals surface area contributed by atoms with Gasteiger partial charge in [0.25, 0.3) is 0 Å². The first kappa shape index (κ1) is 31.3. The predicted molar refractivity (Wildman–Crippen MR) is 161 cm³/mol. The molecule has 10 heteroatoms. The number of urea groups is 1. The Balaban J connectivity index is 1.51. The van der Waals surface area contributed by atoms with E-state index in [1.54, 1.807) is 42.2 Å². The second-order valence-corrected chi connectivity index (χ2v) is 13.0. The molecule has 0 bridgehead atoms. The highest BCUT2D eigenvalue weighted by Crippen LogP contribution is 2.34.